The summed E-state index contributed by atoms with van der Waals surface area (Å²) in [4.78, 5) is 38.6. The lowest BCUT2D eigenvalue weighted by Gasteiger charge is -2.13. The van der Waals surface area contributed by atoms with Gasteiger partial charge >= 0.3 is 11.9 Å². The molecule has 0 unspecified atom stereocenters. The molecule has 3 aromatic rings. The van der Waals surface area contributed by atoms with Crippen LogP contribution in [-0.4, -0.2) is 46.6 Å². The van der Waals surface area contributed by atoms with Gasteiger partial charge in [0.2, 0.25) is 0 Å². The number of amides is 1. The van der Waals surface area contributed by atoms with Gasteiger partial charge in [-0.05, 0) is 68.1 Å². The molecule has 200 valence electrons. The van der Waals surface area contributed by atoms with Crippen molar-refractivity contribution in [2.24, 2.45) is 0 Å². The van der Waals surface area contributed by atoms with Gasteiger partial charge in [0.05, 0.1) is 35.4 Å². The van der Waals surface area contributed by atoms with Crippen molar-refractivity contribution < 1.29 is 37.0 Å². The van der Waals surface area contributed by atoms with Crippen molar-refractivity contribution in [1.29, 1.82) is 0 Å². The maximum absolute atomic E-state index is 12.9. The highest BCUT2D eigenvalue weighted by atomic mass is 32.2. The van der Waals surface area contributed by atoms with E-state index >= 15 is 0 Å². The zero-order valence-corrected chi connectivity index (χ0v) is 22.4. The van der Waals surface area contributed by atoms with Crippen LogP contribution in [0, 0.1) is 0 Å². The number of esters is 2. The number of carbonyl (C=O) groups excluding carboxylic acids is 3. The van der Waals surface area contributed by atoms with E-state index in [0.717, 1.165) is 29.7 Å². The first-order chi connectivity index (χ1) is 18.2. The first kappa shape index (κ1) is 27.1. The van der Waals surface area contributed by atoms with Crippen LogP contribution in [0.25, 0.3) is 0 Å². The molecule has 12 heteroatoms. The Kier molecular flexibility index (Phi) is 8.32. The molecule has 0 saturated heterocycles. The molecule has 1 aliphatic carbocycles. The van der Waals surface area contributed by atoms with Crippen LogP contribution in [0.5, 0.6) is 5.75 Å². The molecule has 38 heavy (non-hydrogen) atoms. The number of ether oxygens (including phenoxy) is 3. The number of hydrogen-bond donors (Lipinski definition) is 2. The Morgan fingerprint density at radius 2 is 1.74 bits per heavy atom. The van der Waals surface area contributed by atoms with Gasteiger partial charge in [-0.15, -0.1) is 11.3 Å². The van der Waals surface area contributed by atoms with Gasteiger partial charge in [-0.1, -0.05) is 12.1 Å². The average molecular weight is 559 g/mol. The van der Waals surface area contributed by atoms with E-state index in [1.54, 1.807) is 12.1 Å². The number of para-hydroxylation sites is 1. The number of hydrogen-bond acceptors (Lipinski definition) is 9. The van der Waals surface area contributed by atoms with Crippen LogP contribution in [0.15, 0.2) is 53.4 Å². The van der Waals surface area contributed by atoms with E-state index in [9.17, 15) is 22.8 Å². The van der Waals surface area contributed by atoms with E-state index in [-0.39, 0.29) is 16.1 Å². The summed E-state index contributed by atoms with van der Waals surface area (Å²) in [6, 6.07) is 11.7. The standard InChI is InChI=1S/C26H26N2O8S2/c1-3-35-16-11-13-17(14-12-16)38(32,33)28-20-9-5-4-7-18(20)25(30)36-15-22(29)27-24-23(26(31)34-2)19-8-6-10-21(19)37-24/h4-5,7,9,11-14,28H,3,6,8,10,15H2,1-2H3,(H,27,29). The lowest BCUT2D eigenvalue weighted by atomic mass is 10.1. The number of methoxy groups -OCH3 is 1. The summed E-state index contributed by atoms with van der Waals surface area (Å²) in [7, 11) is -2.75. The third kappa shape index (κ3) is 5.97. The van der Waals surface area contributed by atoms with Crippen LogP contribution in [-0.2, 0) is 37.1 Å². The van der Waals surface area contributed by atoms with Gasteiger partial charge in [0.1, 0.15) is 10.8 Å². The largest absolute Gasteiger partial charge is 0.494 e. The Labute approximate surface area is 224 Å². The molecule has 0 fully saturated rings. The van der Waals surface area contributed by atoms with E-state index < -0.39 is 34.5 Å². The highest BCUT2D eigenvalue weighted by Gasteiger charge is 2.28. The van der Waals surface area contributed by atoms with Gasteiger partial charge < -0.3 is 19.5 Å². The summed E-state index contributed by atoms with van der Waals surface area (Å²) in [5.74, 6) is -1.55. The van der Waals surface area contributed by atoms with Crippen molar-refractivity contribution >= 4 is 49.9 Å². The summed E-state index contributed by atoms with van der Waals surface area (Å²) in [5.41, 5.74) is 1.14. The molecule has 2 aromatic carbocycles. The molecule has 2 N–H and O–H groups in total. The number of fused-ring (bicyclic) bond motifs is 1. The predicted octanol–water partition coefficient (Wildman–Crippen LogP) is 4.02. The van der Waals surface area contributed by atoms with Crippen molar-refractivity contribution in [3.05, 3.63) is 70.1 Å². The summed E-state index contributed by atoms with van der Waals surface area (Å²) in [6.07, 6.45) is 2.47. The fourth-order valence-corrected chi connectivity index (χ4v) is 6.39. The predicted molar refractivity (Wildman–Crippen MR) is 141 cm³/mol. The van der Waals surface area contributed by atoms with E-state index in [1.807, 2.05) is 6.92 Å². The average Bonchev–Trinajstić information content (AvgIpc) is 3.48. The Hall–Kier alpha value is -3.90. The number of anilines is 2. The normalized spacial score (nSPS) is 12.4. The Morgan fingerprint density at radius 1 is 1.00 bits per heavy atom. The second-order valence-corrected chi connectivity index (χ2v) is 11.0. The highest BCUT2D eigenvalue weighted by Crippen LogP contribution is 2.39. The molecule has 1 aromatic heterocycles. The lowest BCUT2D eigenvalue weighted by Crippen LogP contribution is -2.22. The number of sulfonamides is 1. The van der Waals surface area contributed by atoms with Gasteiger partial charge in [0, 0.05) is 4.88 Å². The zero-order chi connectivity index (χ0) is 27.3. The van der Waals surface area contributed by atoms with Gasteiger partial charge in [-0.3, -0.25) is 9.52 Å². The summed E-state index contributed by atoms with van der Waals surface area (Å²) in [6.45, 7) is 1.63. The van der Waals surface area contributed by atoms with Crippen molar-refractivity contribution in [2.45, 2.75) is 31.1 Å². The maximum Gasteiger partial charge on any atom is 0.341 e. The molecule has 10 nitrogen and oxygen atoms in total. The molecule has 0 aliphatic heterocycles. The first-order valence-electron chi connectivity index (χ1n) is 11.8. The molecule has 0 bridgehead atoms. The summed E-state index contributed by atoms with van der Waals surface area (Å²) < 4.78 is 43.5. The topological polar surface area (TPSA) is 137 Å². The van der Waals surface area contributed by atoms with Crippen LogP contribution < -0.4 is 14.8 Å². The molecule has 0 radical (unpaired) electrons. The SMILES string of the molecule is CCOc1ccc(S(=O)(=O)Nc2ccccc2C(=O)OCC(=O)Nc2sc3c(c2C(=O)OC)CCC3)cc1. The van der Waals surface area contributed by atoms with Gasteiger partial charge in [-0.25, -0.2) is 18.0 Å². The number of benzene rings is 2. The van der Waals surface area contributed by atoms with Crippen LogP contribution in [0.3, 0.4) is 0 Å². The molecule has 0 atom stereocenters. The van der Waals surface area contributed by atoms with Gasteiger partial charge in [0.25, 0.3) is 15.9 Å². The number of rotatable bonds is 10. The molecular weight excluding hydrogens is 532 g/mol. The minimum Gasteiger partial charge on any atom is -0.494 e. The van der Waals surface area contributed by atoms with Crippen LogP contribution in [0.2, 0.25) is 0 Å². The molecule has 1 amide bonds. The second-order valence-electron chi connectivity index (χ2n) is 8.23. The number of nitrogens with one attached hydrogen (secondary N) is 2. The zero-order valence-electron chi connectivity index (χ0n) is 20.7. The minimum atomic E-state index is -4.02. The lowest BCUT2D eigenvalue weighted by molar-refractivity contribution is -0.119. The smallest absolute Gasteiger partial charge is 0.341 e. The number of thiophene rings is 1. The molecule has 0 saturated carbocycles. The van der Waals surface area contributed by atoms with Crippen molar-refractivity contribution in [3.63, 3.8) is 0 Å². The van der Waals surface area contributed by atoms with Crippen LogP contribution in [0.4, 0.5) is 10.7 Å². The fraction of sp³-hybridized carbons (Fsp3) is 0.269. The molecule has 4 rings (SSSR count). The monoisotopic (exact) mass is 558 g/mol. The Balaban J connectivity index is 1.43. The van der Waals surface area contributed by atoms with E-state index in [1.165, 1.54) is 54.8 Å². The highest BCUT2D eigenvalue weighted by molar-refractivity contribution is 7.92. The van der Waals surface area contributed by atoms with E-state index in [2.05, 4.69) is 10.0 Å². The Morgan fingerprint density at radius 3 is 2.45 bits per heavy atom. The number of carbonyl (C=O) groups is 3. The molecule has 1 aliphatic rings. The summed E-state index contributed by atoms with van der Waals surface area (Å²) >= 11 is 1.30. The van der Waals surface area contributed by atoms with Crippen molar-refractivity contribution in [1.82, 2.24) is 0 Å². The van der Waals surface area contributed by atoms with E-state index in [0.29, 0.717) is 22.9 Å². The quantitative estimate of drug-likeness (QED) is 0.356. The van der Waals surface area contributed by atoms with Crippen LogP contribution >= 0.6 is 11.3 Å². The van der Waals surface area contributed by atoms with Gasteiger partial charge in [-0.2, -0.15) is 0 Å². The minimum absolute atomic E-state index is 0.00514. The Bertz CT molecular complexity index is 1460. The van der Waals surface area contributed by atoms with E-state index in [4.69, 9.17) is 14.2 Å². The summed E-state index contributed by atoms with van der Waals surface area (Å²) in [5, 5.41) is 2.98. The molecular formula is C26H26N2O8S2. The maximum atomic E-state index is 12.9. The molecule has 0 spiro atoms. The number of aryl methyl sites for hydroxylation is 1. The third-order valence-corrected chi connectivity index (χ3v) is 8.32. The fourth-order valence-electron chi connectivity index (χ4n) is 4.02. The van der Waals surface area contributed by atoms with Crippen molar-refractivity contribution in [3.8, 4) is 5.75 Å². The van der Waals surface area contributed by atoms with Crippen LogP contribution in [0.1, 0.15) is 44.5 Å². The van der Waals surface area contributed by atoms with Crippen molar-refractivity contribution in [2.75, 3.05) is 30.4 Å². The third-order valence-electron chi connectivity index (χ3n) is 5.73. The molecule has 1 heterocycles. The van der Waals surface area contributed by atoms with Gasteiger partial charge in [0.15, 0.2) is 6.61 Å². The first-order valence-corrected chi connectivity index (χ1v) is 14.1. The second kappa shape index (κ2) is 11.7.